The molecule has 3 heterocycles. The number of benzene rings is 1. The van der Waals surface area contributed by atoms with Gasteiger partial charge >= 0.3 is 0 Å². The van der Waals surface area contributed by atoms with Crippen LogP contribution in [-0.4, -0.2) is 69.7 Å². The van der Waals surface area contributed by atoms with E-state index in [-0.39, 0.29) is 42.3 Å². The molecule has 3 aromatic rings. The number of hydrogen-bond acceptors (Lipinski definition) is 6. The van der Waals surface area contributed by atoms with Crippen molar-refractivity contribution in [2.45, 2.75) is 32.5 Å². The number of pyridine rings is 2. The summed E-state index contributed by atoms with van der Waals surface area (Å²) in [5, 5.41) is 9.85. The van der Waals surface area contributed by atoms with Crippen LogP contribution in [0.1, 0.15) is 29.8 Å². The average Bonchev–Trinajstić information content (AvgIpc) is 2.87. The minimum Gasteiger partial charge on any atom is -0.472 e. The minimum atomic E-state index is -0.349. The summed E-state index contributed by atoms with van der Waals surface area (Å²) >= 11 is 0. The maximum atomic E-state index is 13.6. The number of aliphatic hydroxyl groups is 1. The lowest BCUT2D eigenvalue weighted by atomic mass is 9.99. The van der Waals surface area contributed by atoms with Crippen LogP contribution in [0, 0.1) is 11.7 Å². The highest BCUT2D eigenvalue weighted by molar-refractivity contribution is 5.98. The summed E-state index contributed by atoms with van der Waals surface area (Å²) in [6.07, 6.45) is 4.84. The molecule has 4 rings (SSSR count). The molecule has 1 aliphatic rings. The summed E-state index contributed by atoms with van der Waals surface area (Å²) in [7, 11) is 1.98. The molecule has 0 saturated heterocycles. The molecule has 1 aromatic carbocycles. The molecule has 0 spiro atoms. The first kappa shape index (κ1) is 24.8. The predicted molar refractivity (Wildman–Crippen MR) is 131 cm³/mol. The number of halogens is 1. The van der Waals surface area contributed by atoms with Crippen LogP contribution in [0.5, 0.6) is 5.88 Å². The van der Waals surface area contributed by atoms with Crippen molar-refractivity contribution < 1.29 is 19.0 Å². The highest BCUT2D eigenvalue weighted by Gasteiger charge is 2.34. The number of ether oxygens (including phenoxy) is 1. The number of amides is 1. The van der Waals surface area contributed by atoms with Crippen LogP contribution in [-0.2, 0) is 6.54 Å². The van der Waals surface area contributed by atoms with Gasteiger partial charge in [-0.2, -0.15) is 0 Å². The predicted octanol–water partition coefficient (Wildman–Crippen LogP) is 3.63. The largest absolute Gasteiger partial charge is 0.472 e. The minimum absolute atomic E-state index is 0.0153. The first-order chi connectivity index (χ1) is 16.9. The molecule has 0 fully saturated rings. The number of aromatic nitrogens is 2. The van der Waals surface area contributed by atoms with Crippen LogP contribution in [0.4, 0.5) is 4.39 Å². The number of fused-ring (bicyclic) bond motifs is 1. The summed E-state index contributed by atoms with van der Waals surface area (Å²) in [4.78, 5) is 26.0. The number of likely N-dealkylation sites (N-methyl/N-ethyl adjacent to an activating group) is 1. The highest BCUT2D eigenvalue weighted by Crippen LogP contribution is 2.30. The monoisotopic (exact) mass is 478 g/mol. The van der Waals surface area contributed by atoms with Gasteiger partial charge in [0.15, 0.2) is 0 Å². The molecular formula is C27H31FN4O3. The van der Waals surface area contributed by atoms with E-state index in [1.165, 1.54) is 12.1 Å². The molecule has 0 saturated carbocycles. The van der Waals surface area contributed by atoms with Gasteiger partial charge in [-0.25, -0.2) is 9.37 Å². The summed E-state index contributed by atoms with van der Waals surface area (Å²) < 4.78 is 19.6. The van der Waals surface area contributed by atoms with Crippen LogP contribution in [0.2, 0.25) is 0 Å². The van der Waals surface area contributed by atoms with Gasteiger partial charge < -0.3 is 14.7 Å². The van der Waals surface area contributed by atoms with Crippen LogP contribution in [0.15, 0.2) is 61.1 Å². The Morgan fingerprint density at radius 1 is 1.20 bits per heavy atom. The molecule has 7 nitrogen and oxygen atoms in total. The Hall–Kier alpha value is -3.36. The van der Waals surface area contributed by atoms with E-state index in [9.17, 15) is 14.3 Å². The van der Waals surface area contributed by atoms with Crippen molar-refractivity contribution in [1.29, 1.82) is 0 Å². The Bertz CT molecular complexity index is 1140. The zero-order valence-corrected chi connectivity index (χ0v) is 20.3. The topological polar surface area (TPSA) is 78.8 Å². The molecule has 0 unspecified atom stereocenters. The smallest absolute Gasteiger partial charge is 0.259 e. The molecule has 3 atom stereocenters. The van der Waals surface area contributed by atoms with E-state index in [0.29, 0.717) is 25.2 Å². The third-order valence-corrected chi connectivity index (χ3v) is 6.39. The molecule has 0 bridgehead atoms. The third-order valence-electron chi connectivity index (χ3n) is 6.39. The van der Waals surface area contributed by atoms with Crippen LogP contribution in [0.25, 0.3) is 11.1 Å². The second-order valence-corrected chi connectivity index (χ2v) is 9.26. The van der Waals surface area contributed by atoms with E-state index in [0.717, 1.165) is 16.7 Å². The van der Waals surface area contributed by atoms with E-state index in [2.05, 4.69) is 14.9 Å². The lowest BCUT2D eigenvalue weighted by Crippen LogP contribution is -2.49. The molecule has 0 aliphatic carbocycles. The fraction of sp³-hybridized carbons (Fsp3) is 0.370. The second kappa shape index (κ2) is 10.9. The van der Waals surface area contributed by atoms with Gasteiger partial charge in [-0.15, -0.1) is 0 Å². The summed E-state index contributed by atoms with van der Waals surface area (Å²) in [5.41, 5.74) is 3.06. The van der Waals surface area contributed by atoms with Crippen LogP contribution < -0.4 is 4.74 Å². The Balaban J connectivity index is 1.63. The van der Waals surface area contributed by atoms with Gasteiger partial charge in [0.1, 0.15) is 17.5 Å². The van der Waals surface area contributed by atoms with E-state index in [1.54, 1.807) is 41.7 Å². The van der Waals surface area contributed by atoms with Crippen LogP contribution >= 0.6 is 0 Å². The molecule has 1 amide bonds. The quantitative estimate of drug-likeness (QED) is 0.559. The maximum Gasteiger partial charge on any atom is 0.259 e. The first-order valence-corrected chi connectivity index (χ1v) is 11.8. The third kappa shape index (κ3) is 5.83. The number of carbonyl (C=O) groups is 1. The number of carbonyl (C=O) groups excluding carboxylic acids is 1. The standard InChI is InChI=1S/C27H31FN4O3/c1-18-14-32(19(2)17-33)27(34)24-12-22(21-8-10-29-11-9-21)13-30-26(24)35-25(18)16-31(3)15-20-4-6-23(28)7-5-20/h4-13,18-19,25,33H,14-17H2,1-3H3/t18-,19+,25+/m1/s1. The van der Waals surface area contributed by atoms with Gasteiger partial charge in [0.25, 0.3) is 5.91 Å². The maximum absolute atomic E-state index is 13.6. The second-order valence-electron chi connectivity index (χ2n) is 9.26. The SMILES string of the molecule is C[C@@H]1CN([C@@H](C)CO)C(=O)c2cc(-c3ccncc3)cnc2O[C@H]1CN(C)Cc1ccc(F)cc1. The van der Waals surface area contributed by atoms with E-state index < -0.39 is 0 Å². The molecule has 8 heteroatoms. The number of rotatable bonds is 7. The van der Waals surface area contributed by atoms with Crippen molar-refractivity contribution in [2.24, 2.45) is 5.92 Å². The Morgan fingerprint density at radius 3 is 2.60 bits per heavy atom. The van der Waals surface area contributed by atoms with Crippen molar-refractivity contribution in [3.05, 3.63) is 78.0 Å². The molecule has 184 valence electrons. The number of aliphatic hydroxyl groups excluding tert-OH is 1. The zero-order valence-electron chi connectivity index (χ0n) is 20.3. The van der Waals surface area contributed by atoms with E-state index >= 15 is 0 Å². The fourth-order valence-corrected chi connectivity index (χ4v) is 4.30. The van der Waals surface area contributed by atoms with E-state index in [1.807, 2.05) is 33.0 Å². The molecular weight excluding hydrogens is 447 g/mol. The molecule has 0 radical (unpaired) electrons. The highest BCUT2D eigenvalue weighted by atomic mass is 19.1. The van der Waals surface area contributed by atoms with Crippen molar-refractivity contribution >= 4 is 5.91 Å². The van der Waals surface area contributed by atoms with Crippen molar-refractivity contribution in [1.82, 2.24) is 19.8 Å². The molecule has 1 N–H and O–H groups in total. The van der Waals surface area contributed by atoms with Gasteiger partial charge in [-0.1, -0.05) is 19.1 Å². The van der Waals surface area contributed by atoms with Crippen molar-refractivity contribution in [3.63, 3.8) is 0 Å². The van der Waals surface area contributed by atoms with Gasteiger partial charge in [0.2, 0.25) is 5.88 Å². The van der Waals surface area contributed by atoms with Gasteiger partial charge in [-0.3, -0.25) is 14.7 Å². The van der Waals surface area contributed by atoms with Crippen molar-refractivity contribution in [2.75, 3.05) is 26.7 Å². The Labute approximate surface area is 205 Å². The van der Waals surface area contributed by atoms with E-state index in [4.69, 9.17) is 4.74 Å². The molecule has 35 heavy (non-hydrogen) atoms. The number of hydrogen-bond donors (Lipinski definition) is 1. The first-order valence-electron chi connectivity index (χ1n) is 11.8. The summed E-state index contributed by atoms with van der Waals surface area (Å²) in [6.45, 7) is 5.39. The lowest BCUT2D eigenvalue weighted by Gasteiger charge is -2.37. The fourth-order valence-electron chi connectivity index (χ4n) is 4.30. The normalized spacial score (nSPS) is 19.0. The van der Waals surface area contributed by atoms with Crippen LogP contribution in [0.3, 0.4) is 0 Å². The average molecular weight is 479 g/mol. The van der Waals surface area contributed by atoms with Gasteiger partial charge in [-0.05, 0) is 55.4 Å². The Kier molecular flexibility index (Phi) is 7.73. The molecule has 2 aromatic heterocycles. The Morgan fingerprint density at radius 2 is 1.91 bits per heavy atom. The zero-order chi connectivity index (χ0) is 24.9. The van der Waals surface area contributed by atoms with Gasteiger partial charge in [0.05, 0.1) is 12.6 Å². The summed E-state index contributed by atoms with van der Waals surface area (Å²) in [5.74, 6) is -0.201. The summed E-state index contributed by atoms with van der Waals surface area (Å²) in [6, 6.07) is 11.6. The number of nitrogens with zero attached hydrogens (tertiary/aromatic N) is 4. The van der Waals surface area contributed by atoms with Gasteiger partial charge in [0, 0.05) is 49.7 Å². The van der Waals surface area contributed by atoms with Crippen molar-refractivity contribution in [3.8, 4) is 17.0 Å². The molecule has 1 aliphatic heterocycles. The lowest BCUT2D eigenvalue weighted by molar-refractivity contribution is 0.0325.